The summed E-state index contributed by atoms with van der Waals surface area (Å²) in [6, 6.07) is 8.03. The first-order valence-electron chi connectivity index (χ1n) is 6.30. The van der Waals surface area contributed by atoms with Crippen LogP contribution in [0.2, 0.25) is 5.02 Å². The standard InChI is InChI=1S/C14H18ClN/c15-13-3-5-14(6-4-13)16-9-12-8-10-1-2-11(12)7-10/h3-6,10-12,16H,1-2,7-9H2. The Bertz CT molecular complexity index is 360. The van der Waals surface area contributed by atoms with Gasteiger partial charge in [-0.1, -0.05) is 18.0 Å². The molecule has 3 unspecified atom stereocenters. The lowest BCUT2D eigenvalue weighted by Crippen LogP contribution is -2.19. The Morgan fingerprint density at radius 2 is 1.94 bits per heavy atom. The average Bonchev–Trinajstić information content (AvgIpc) is 2.90. The number of hydrogen-bond donors (Lipinski definition) is 1. The SMILES string of the molecule is Clc1ccc(NCC2CC3CCC2C3)cc1. The highest BCUT2D eigenvalue weighted by Crippen LogP contribution is 2.48. The molecule has 0 aromatic heterocycles. The molecule has 2 heteroatoms. The van der Waals surface area contributed by atoms with Gasteiger partial charge in [0.2, 0.25) is 0 Å². The molecule has 1 N–H and O–H groups in total. The van der Waals surface area contributed by atoms with Crippen LogP contribution in [-0.2, 0) is 0 Å². The summed E-state index contributed by atoms with van der Waals surface area (Å²) in [6.07, 6.45) is 5.90. The van der Waals surface area contributed by atoms with E-state index < -0.39 is 0 Å². The molecule has 2 aliphatic carbocycles. The van der Waals surface area contributed by atoms with Gasteiger partial charge in [-0.15, -0.1) is 0 Å². The number of halogens is 1. The summed E-state index contributed by atoms with van der Waals surface area (Å²) in [7, 11) is 0. The highest BCUT2D eigenvalue weighted by Gasteiger charge is 2.38. The minimum Gasteiger partial charge on any atom is -0.385 e. The smallest absolute Gasteiger partial charge is 0.0407 e. The van der Waals surface area contributed by atoms with Crippen LogP contribution in [-0.4, -0.2) is 6.54 Å². The fourth-order valence-corrected chi connectivity index (χ4v) is 3.57. The van der Waals surface area contributed by atoms with Gasteiger partial charge in [0.25, 0.3) is 0 Å². The Morgan fingerprint density at radius 1 is 1.12 bits per heavy atom. The van der Waals surface area contributed by atoms with E-state index in [1.165, 1.54) is 31.4 Å². The normalized spacial score (nSPS) is 31.9. The quantitative estimate of drug-likeness (QED) is 0.829. The van der Waals surface area contributed by atoms with Gasteiger partial charge in [-0.3, -0.25) is 0 Å². The summed E-state index contributed by atoms with van der Waals surface area (Å²) in [4.78, 5) is 0. The van der Waals surface area contributed by atoms with Crippen LogP contribution in [0.15, 0.2) is 24.3 Å². The summed E-state index contributed by atoms with van der Waals surface area (Å²) in [5.74, 6) is 2.96. The van der Waals surface area contributed by atoms with Crippen LogP contribution in [0.4, 0.5) is 5.69 Å². The zero-order valence-electron chi connectivity index (χ0n) is 9.45. The Hall–Kier alpha value is -0.690. The van der Waals surface area contributed by atoms with E-state index in [-0.39, 0.29) is 0 Å². The fraction of sp³-hybridized carbons (Fsp3) is 0.571. The van der Waals surface area contributed by atoms with E-state index in [1.54, 1.807) is 0 Å². The highest BCUT2D eigenvalue weighted by atomic mass is 35.5. The Balaban J connectivity index is 1.55. The molecule has 3 rings (SSSR count). The van der Waals surface area contributed by atoms with E-state index in [2.05, 4.69) is 17.4 Å². The molecule has 2 saturated carbocycles. The van der Waals surface area contributed by atoms with Gasteiger partial charge < -0.3 is 5.32 Å². The van der Waals surface area contributed by atoms with Crippen LogP contribution in [0, 0.1) is 17.8 Å². The number of fused-ring (bicyclic) bond motifs is 2. The predicted octanol–water partition coefficient (Wildman–Crippen LogP) is 4.19. The number of benzene rings is 1. The van der Waals surface area contributed by atoms with E-state index in [9.17, 15) is 0 Å². The molecule has 1 aromatic carbocycles. The van der Waals surface area contributed by atoms with Crippen molar-refractivity contribution in [3.05, 3.63) is 29.3 Å². The van der Waals surface area contributed by atoms with Crippen molar-refractivity contribution in [1.82, 2.24) is 0 Å². The second-order valence-corrected chi connectivity index (χ2v) is 5.76. The van der Waals surface area contributed by atoms with Gasteiger partial charge in [0.05, 0.1) is 0 Å². The van der Waals surface area contributed by atoms with E-state index >= 15 is 0 Å². The van der Waals surface area contributed by atoms with Crippen molar-refractivity contribution >= 4 is 17.3 Å². The molecule has 0 radical (unpaired) electrons. The molecule has 3 atom stereocenters. The van der Waals surface area contributed by atoms with Gasteiger partial charge in [-0.25, -0.2) is 0 Å². The van der Waals surface area contributed by atoms with Crippen molar-refractivity contribution in [3.63, 3.8) is 0 Å². The molecule has 0 aliphatic heterocycles. The summed E-state index contributed by atoms with van der Waals surface area (Å²) in [6.45, 7) is 1.14. The Kier molecular flexibility index (Phi) is 2.81. The number of hydrogen-bond acceptors (Lipinski definition) is 1. The molecular weight excluding hydrogens is 218 g/mol. The summed E-state index contributed by atoms with van der Waals surface area (Å²) >= 11 is 5.86. The zero-order chi connectivity index (χ0) is 11.0. The Labute approximate surface area is 102 Å². The van der Waals surface area contributed by atoms with Crippen LogP contribution in [0.1, 0.15) is 25.7 Å². The largest absolute Gasteiger partial charge is 0.385 e. The molecule has 0 saturated heterocycles. The maximum absolute atomic E-state index is 5.86. The van der Waals surface area contributed by atoms with Crippen LogP contribution >= 0.6 is 11.6 Å². The second-order valence-electron chi connectivity index (χ2n) is 5.32. The van der Waals surface area contributed by atoms with Crippen LogP contribution in [0.3, 0.4) is 0 Å². The Morgan fingerprint density at radius 3 is 2.56 bits per heavy atom. The molecule has 1 aromatic rings. The van der Waals surface area contributed by atoms with Crippen LogP contribution < -0.4 is 5.32 Å². The van der Waals surface area contributed by atoms with Crippen molar-refractivity contribution in [3.8, 4) is 0 Å². The maximum atomic E-state index is 5.86. The van der Waals surface area contributed by atoms with E-state index in [0.717, 1.165) is 29.3 Å². The second kappa shape index (κ2) is 4.29. The number of nitrogens with one attached hydrogen (secondary N) is 1. The summed E-state index contributed by atoms with van der Waals surface area (Å²) in [5, 5.41) is 4.35. The zero-order valence-corrected chi connectivity index (χ0v) is 10.2. The van der Waals surface area contributed by atoms with Gasteiger partial charge in [-0.2, -0.15) is 0 Å². The van der Waals surface area contributed by atoms with Gasteiger partial charge in [0.15, 0.2) is 0 Å². The third-order valence-corrected chi connectivity index (χ3v) is 4.55. The van der Waals surface area contributed by atoms with Crippen molar-refractivity contribution < 1.29 is 0 Å². The molecule has 16 heavy (non-hydrogen) atoms. The molecular formula is C14H18ClN. The predicted molar refractivity (Wildman–Crippen MR) is 68.9 cm³/mol. The molecule has 1 nitrogen and oxygen atoms in total. The van der Waals surface area contributed by atoms with Gasteiger partial charge in [-0.05, 0) is 61.3 Å². The van der Waals surface area contributed by atoms with Crippen molar-refractivity contribution in [2.45, 2.75) is 25.7 Å². The topological polar surface area (TPSA) is 12.0 Å². The first-order valence-corrected chi connectivity index (χ1v) is 6.68. The van der Waals surface area contributed by atoms with Crippen molar-refractivity contribution in [1.29, 1.82) is 0 Å². The van der Waals surface area contributed by atoms with Crippen molar-refractivity contribution in [2.75, 3.05) is 11.9 Å². The third-order valence-electron chi connectivity index (χ3n) is 4.30. The monoisotopic (exact) mass is 235 g/mol. The molecule has 86 valence electrons. The molecule has 0 spiro atoms. The van der Waals surface area contributed by atoms with E-state index in [1.807, 2.05) is 12.1 Å². The van der Waals surface area contributed by atoms with E-state index in [4.69, 9.17) is 11.6 Å². The first-order chi connectivity index (χ1) is 7.81. The molecule has 2 bridgehead atoms. The molecule has 2 fully saturated rings. The molecule has 2 aliphatic rings. The van der Waals surface area contributed by atoms with Crippen LogP contribution in [0.25, 0.3) is 0 Å². The van der Waals surface area contributed by atoms with Crippen LogP contribution in [0.5, 0.6) is 0 Å². The fourth-order valence-electron chi connectivity index (χ4n) is 3.44. The summed E-state index contributed by atoms with van der Waals surface area (Å²) < 4.78 is 0. The molecule has 0 amide bonds. The summed E-state index contributed by atoms with van der Waals surface area (Å²) in [5.41, 5.74) is 1.20. The molecule has 0 heterocycles. The number of rotatable bonds is 3. The highest BCUT2D eigenvalue weighted by molar-refractivity contribution is 6.30. The number of anilines is 1. The lowest BCUT2D eigenvalue weighted by Gasteiger charge is -2.22. The third kappa shape index (κ3) is 2.06. The minimum absolute atomic E-state index is 0.811. The van der Waals surface area contributed by atoms with Gasteiger partial charge >= 0.3 is 0 Å². The van der Waals surface area contributed by atoms with Gasteiger partial charge in [0, 0.05) is 17.3 Å². The van der Waals surface area contributed by atoms with Gasteiger partial charge in [0.1, 0.15) is 0 Å². The first kappa shape index (κ1) is 10.5. The maximum Gasteiger partial charge on any atom is 0.0407 e. The average molecular weight is 236 g/mol. The minimum atomic E-state index is 0.811. The lowest BCUT2D eigenvalue weighted by molar-refractivity contribution is 0.348. The lowest BCUT2D eigenvalue weighted by atomic mass is 9.89. The van der Waals surface area contributed by atoms with E-state index in [0.29, 0.717) is 0 Å². The van der Waals surface area contributed by atoms with Crippen molar-refractivity contribution in [2.24, 2.45) is 17.8 Å².